The van der Waals surface area contributed by atoms with E-state index in [1.807, 2.05) is 44.2 Å². The third-order valence-electron chi connectivity index (χ3n) is 3.65. The smallest absolute Gasteiger partial charge is 0.256 e. The van der Waals surface area contributed by atoms with Crippen LogP contribution in [0.3, 0.4) is 0 Å². The van der Waals surface area contributed by atoms with Crippen molar-refractivity contribution in [3.63, 3.8) is 0 Å². The van der Waals surface area contributed by atoms with E-state index in [4.69, 9.17) is 0 Å². The Labute approximate surface area is 131 Å². The molecule has 1 amide bonds. The SMILES string of the molecule is CC(C)n1cc(C(=O)N(C)CCC(O)c2ccccc2)cn1. The highest BCUT2D eigenvalue weighted by Crippen LogP contribution is 2.16. The highest BCUT2D eigenvalue weighted by atomic mass is 16.3. The van der Waals surface area contributed by atoms with E-state index in [0.717, 1.165) is 5.56 Å². The summed E-state index contributed by atoms with van der Waals surface area (Å²) in [6, 6.07) is 9.71. The molecule has 0 aliphatic rings. The number of hydrogen-bond donors (Lipinski definition) is 1. The predicted octanol–water partition coefficient (Wildman–Crippen LogP) is 2.66. The lowest BCUT2D eigenvalue weighted by molar-refractivity contribution is 0.0761. The number of hydrogen-bond acceptors (Lipinski definition) is 3. The number of aromatic nitrogens is 2. The highest BCUT2D eigenvalue weighted by Gasteiger charge is 2.16. The van der Waals surface area contributed by atoms with Crippen LogP contribution in [0.15, 0.2) is 42.7 Å². The van der Waals surface area contributed by atoms with Gasteiger partial charge in [0, 0.05) is 25.8 Å². The summed E-state index contributed by atoms with van der Waals surface area (Å²) in [5, 5.41) is 14.3. The summed E-state index contributed by atoms with van der Waals surface area (Å²) in [7, 11) is 1.74. The van der Waals surface area contributed by atoms with Gasteiger partial charge in [0.1, 0.15) is 0 Å². The van der Waals surface area contributed by atoms with Gasteiger partial charge in [-0.3, -0.25) is 9.48 Å². The molecule has 1 atom stereocenters. The normalized spacial score (nSPS) is 12.4. The zero-order chi connectivity index (χ0) is 16.1. The molecule has 0 aliphatic carbocycles. The third kappa shape index (κ3) is 3.95. The highest BCUT2D eigenvalue weighted by molar-refractivity contribution is 5.93. The Bertz CT molecular complexity index is 607. The van der Waals surface area contributed by atoms with Gasteiger partial charge in [0.2, 0.25) is 0 Å². The van der Waals surface area contributed by atoms with E-state index >= 15 is 0 Å². The minimum Gasteiger partial charge on any atom is -0.388 e. The van der Waals surface area contributed by atoms with Gasteiger partial charge in [0.15, 0.2) is 0 Å². The maximum absolute atomic E-state index is 12.3. The van der Waals surface area contributed by atoms with Crippen LogP contribution in [0.1, 0.15) is 48.3 Å². The zero-order valence-electron chi connectivity index (χ0n) is 13.3. The first-order valence-electron chi connectivity index (χ1n) is 7.51. The number of aliphatic hydroxyl groups excluding tert-OH is 1. The van der Waals surface area contributed by atoms with Gasteiger partial charge in [-0.1, -0.05) is 30.3 Å². The Morgan fingerprint density at radius 3 is 2.59 bits per heavy atom. The van der Waals surface area contributed by atoms with Gasteiger partial charge in [-0.15, -0.1) is 0 Å². The monoisotopic (exact) mass is 301 g/mol. The maximum Gasteiger partial charge on any atom is 0.256 e. The van der Waals surface area contributed by atoms with Gasteiger partial charge >= 0.3 is 0 Å². The number of amides is 1. The van der Waals surface area contributed by atoms with Crippen LogP contribution in [0.5, 0.6) is 0 Å². The molecule has 22 heavy (non-hydrogen) atoms. The summed E-state index contributed by atoms with van der Waals surface area (Å²) < 4.78 is 1.76. The van der Waals surface area contributed by atoms with Gasteiger partial charge in [-0.25, -0.2) is 0 Å². The van der Waals surface area contributed by atoms with Crippen LogP contribution < -0.4 is 0 Å². The van der Waals surface area contributed by atoms with Crippen molar-refractivity contribution < 1.29 is 9.90 Å². The first-order chi connectivity index (χ1) is 10.5. The molecule has 1 aromatic carbocycles. The van der Waals surface area contributed by atoms with Crippen molar-refractivity contribution in [3.05, 3.63) is 53.9 Å². The lowest BCUT2D eigenvalue weighted by Gasteiger charge is -2.19. The van der Waals surface area contributed by atoms with Crippen LogP contribution in [-0.4, -0.2) is 39.3 Å². The Morgan fingerprint density at radius 2 is 2.00 bits per heavy atom. The molecule has 118 valence electrons. The second kappa shape index (κ2) is 7.22. The standard InChI is InChI=1S/C17H23N3O2/c1-13(2)20-12-15(11-18-20)17(22)19(3)10-9-16(21)14-7-5-4-6-8-14/h4-8,11-13,16,21H,9-10H2,1-3H3. The van der Waals surface area contributed by atoms with Crippen LogP contribution >= 0.6 is 0 Å². The van der Waals surface area contributed by atoms with Gasteiger partial charge in [-0.05, 0) is 25.8 Å². The van der Waals surface area contributed by atoms with E-state index in [9.17, 15) is 9.90 Å². The molecule has 0 aliphatic heterocycles. The van der Waals surface area contributed by atoms with Gasteiger partial charge < -0.3 is 10.0 Å². The average molecular weight is 301 g/mol. The zero-order valence-corrected chi connectivity index (χ0v) is 13.3. The number of aliphatic hydroxyl groups is 1. The summed E-state index contributed by atoms with van der Waals surface area (Å²) in [6.45, 7) is 4.52. The second-order valence-electron chi connectivity index (χ2n) is 5.74. The van der Waals surface area contributed by atoms with E-state index in [1.54, 1.807) is 29.0 Å². The number of carbonyl (C=O) groups excluding carboxylic acids is 1. The fraction of sp³-hybridized carbons (Fsp3) is 0.412. The largest absolute Gasteiger partial charge is 0.388 e. The molecule has 0 saturated heterocycles. The fourth-order valence-electron chi connectivity index (χ4n) is 2.21. The van der Waals surface area contributed by atoms with Gasteiger partial charge in [-0.2, -0.15) is 5.10 Å². The Kier molecular flexibility index (Phi) is 5.33. The van der Waals surface area contributed by atoms with Crippen LogP contribution in [0.2, 0.25) is 0 Å². The van der Waals surface area contributed by atoms with Crippen molar-refractivity contribution in [1.82, 2.24) is 14.7 Å². The minimum atomic E-state index is -0.560. The van der Waals surface area contributed by atoms with Crippen molar-refractivity contribution in [1.29, 1.82) is 0 Å². The van der Waals surface area contributed by atoms with Crippen molar-refractivity contribution in [2.45, 2.75) is 32.4 Å². The molecule has 1 aromatic heterocycles. The molecule has 1 heterocycles. The number of rotatable bonds is 6. The third-order valence-corrected chi connectivity index (χ3v) is 3.65. The minimum absolute atomic E-state index is 0.0767. The van der Waals surface area contributed by atoms with Crippen LogP contribution in [0, 0.1) is 0 Å². The van der Waals surface area contributed by atoms with E-state index in [0.29, 0.717) is 18.5 Å². The summed E-state index contributed by atoms with van der Waals surface area (Å²) in [5.74, 6) is -0.0767. The number of carbonyl (C=O) groups is 1. The Morgan fingerprint density at radius 1 is 1.32 bits per heavy atom. The molecule has 2 aromatic rings. The summed E-state index contributed by atoms with van der Waals surface area (Å²) >= 11 is 0. The van der Waals surface area contributed by atoms with Crippen molar-refractivity contribution >= 4 is 5.91 Å². The molecule has 0 bridgehead atoms. The van der Waals surface area contributed by atoms with E-state index in [1.165, 1.54) is 0 Å². The van der Waals surface area contributed by atoms with Crippen molar-refractivity contribution in [3.8, 4) is 0 Å². The molecule has 5 nitrogen and oxygen atoms in total. The lowest BCUT2D eigenvalue weighted by atomic mass is 10.1. The summed E-state index contributed by atoms with van der Waals surface area (Å²) in [6.07, 6.45) is 3.29. The topological polar surface area (TPSA) is 58.4 Å². The molecule has 0 spiro atoms. The molecule has 5 heteroatoms. The first kappa shape index (κ1) is 16.2. The van der Waals surface area contributed by atoms with E-state index < -0.39 is 6.10 Å². The second-order valence-corrected chi connectivity index (χ2v) is 5.74. The van der Waals surface area contributed by atoms with Gasteiger partial charge in [0.25, 0.3) is 5.91 Å². The molecule has 1 N–H and O–H groups in total. The molecule has 0 saturated carbocycles. The maximum atomic E-state index is 12.3. The van der Waals surface area contributed by atoms with Crippen LogP contribution in [0.25, 0.3) is 0 Å². The van der Waals surface area contributed by atoms with Crippen molar-refractivity contribution in [2.24, 2.45) is 0 Å². The summed E-state index contributed by atoms with van der Waals surface area (Å²) in [4.78, 5) is 13.9. The molecule has 2 rings (SSSR count). The molecule has 0 fully saturated rings. The fourth-order valence-corrected chi connectivity index (χ4v) is 2.21. The first-order valence-corrected chi connectivity index (χ1v) is 7.51. The van der Waals surface area contributed by atoms with Crippen LogP contribution in [-0.2, 0) is 0 Å². The molecule has 0 radical (unpaired) electrons. The van der Waals surface area contributed by atoms with Crippen LogP contribution in [0.4, 0.5) is 0 Å². The average Bonchev–Trinajstić information content (AvgIpc) is 3.02. The molecule has 1 unspecified atom stereocenters. The van der Waals surface area contributed by atoms with Gasteiger partial charge in [0.05, 0.1) is 17.9 Å². The lowest BCUT2D eigenvalue weighted by Crippen LogP contribution is -2.28. The Hall–Kier alpha value is -2.14. The molecular formula is C17H23N3O2. The summed E-state index contributed by atoms with van der Waals surface area (Å²) in [5.41, 5.74) is 1.45. The Balaban J connectivity index is 1.91. The quantitative estimate of drug-likeness (QED) is 0.892. The van der Waals surface area contributed by atoms with E-state index in [-0.39, 0.29) is 11.9 Å². The number of benzene rings is 1. The number of nitrogens with zero attached hydrogens (tertiary/aromatic N) is 3. The predicted molar refractivity (Wildman–Crippen MR) is 85.6 cm³/mol. The van der Waals surface area contributed by atoms with E-state index in [2.05, 4.69) is 5.10 Å². The van der Waals surface area contributed by atoms with Crippen molar-refractivity contribution in [2.75, 3.05) is 13.6 Å². The molecular weight excluding hydrogens is 278 g/mol.